The summed E-state index contributed by atoms with van der Waals surface area (Å²) in [5, 5.41) is 0. The molecule has 0 amide bonds. The molecule has 3 nitrogen and oxygen atoms in total. The van der Waals surface area contributed by atoms with Crippen LogP contribution in [0.3, 0.4) is 0 Å². The van der Waals surface area contributed by atoms with E-state index in [1.807, 2.05) is 0 Å². The summed E-state index contributed by atoms with van der Waals surface area (Å²) >= 11 is 0. The van der Waals surface area contributed by atoms with Gasteiger partial charge in [0, 0.05) is 0 Å². The maximum absolute atomic E-state index is 13.3. The van der Waals surface area contributed by atoms with Gasteiger partial charge in [0.25, 0.3) is 0 Å². The molecule has 13 heavy (non-hydrogen) atoms. The number of hydrogen-bond donors (Lipinski definition) is 0. The summed E-state index contributed by atoms with van der Waals surface area (Å²) in [5.41, 5.74) is -0.0438. The molecular weight excluding hydrogens is 175 g/mol. The summed E-state index contributed by atoms with van der Waals surface area (Å²) in [6, 6.07) is 2.81. The molecule has 0 saturated carbocycles. The predicted molar refractivity (Wildman–Crippen MR) is 44.9 cm³/mol. The normalized spacial score (nSPS) is 9.46. The molecule has 70 valence electrons. The van der Waals surface area contributed by atoms with Gasteiger partial charge in [-0.2, -0.15) is 0 Å². The van der Waals surface area contributed by atoms with E-state index in [9.17, 15) is 9.18 Å². The topological polar surface area (TPSA) is 35.5 Å². The van der Waals surface area contributed by atoms with Crippen LogP contribution >= 0.6 is 0 Å². The highest BCUT2D eigenvalue weighted by Crippen LogP contribution is 2.31. The molecule has 0 heterocycles. The Hall–Kier alpha value is -1.58. The molecule has 0 aromatic heterocycles. The second-order valence-electron chi connectivity index (χ2n) is 2.32. The summed E-state index contributed by atoms with van der Waals surface area (Å²) in [5.74, 6) is -0.477. The highest BCUT2D eigenvalue weighted by Gasteiger charge is 2.13. The van der Waals surface area contributed by atoms with E-state index >= 15 is 0 Å². The van der Waals surface area contributed by atoms with Gasteiger partial charge in [0.2, 0.25) is 0 Å². The minimum absolute atomic E-state index is 0.0438. The lowest BCUT2D eigenvalue weighted by molar-refractivity contribution is 0.111. The summed E-state index contributed by atoms with van der Waals surface area (Å²) in [4.78, 5) is 10.4. The third-order valence-electron chi connectivity index (χ3n) is 1.64. The van der Waals surface area contributed by atoms with Crippen LogP contribution in [0.25, 0.3) is 0 Å². The Balaban J connectivity index is 3.31. The lowest BCUT2D eigenvalue weighted by atomic mass is 10.2. The summed E-state index contributed by atoms with van der Waals surface area (Å²) in [6.07, 6.45) is 0.428. The number of benzene rings is 1. The fourth-order valence-corrected chi connectivity index (χ4v) is 0.996. The number of halogens is 1. The van der Waals surface area contributed by atoms with Gasteiger partial charge in [-0.1, -0.05) is 0 Å². The van der Waals surface area contributed by atoms with E-state index in [0.717, 1.165) is 0 Å². The van der Waals surface area contributed by atoms with Gasteiger partial charge >= 0.3 is 0 Å². The van der Waals surface area contributed by atoms with Crippen molar-refractivity contribution in [2.75, 3.05) is 14.2 Å². The molecule has 0 spiro atoms. The first-order chi connectivity index (χ1) is 6.24. The van der Waals surface area contributed by atoms with E-state index in [2.05, 4.69) is 0 Å². The van der Waals surface area contributed by atoms with Crippen molar-refractivity contribution in [1.82, 2.24) is 0 Å². The quantitative estimate of drug-likeness (QED) is 0.670. The van der Waals surface area contributed by atoms with Crippen molar-refractivity contribution in [3.05, 3.63) is 23.5 Å². The van der Waals surface area contributed by atoms with Crippen LogP contribution in [0.5, 0.6) is 11.5 Å². The van der Waals surface area contributed by atoms with Crippen LogP contribution < -0.4 is 9.47 Å². The van der Waals surface area contributed by atoms with Crippen LogP contribution in [0.15, 0.2) is 12.1 Å². The third kappa shape index (κ3) is 1.61. The minimum Gasteiger partial charge on any atom is -0.493 e. The van der Waals surface area contributed by atoms with Gasteiger partial charge in [-0.05, 0) is 12.1 Å². The van der Waals surface area contributed by atoms with Crippen LogP contribution in [0.4, 0.5) is 4.39 Å². The van der Waals surface area contributed by atoms with Gasteiger partial charge < -0.3 is 9.47 Å². The van der Waals surface area contributed by atoms with Gasteiger partial charge in [-0.15, -0.1) is 0 Å². The third-order valence-corrected chi connectivity index (χ3v) is 1.64. The molecule has 0 N–H and O–H groups in total. The first-order valence-corrected chi connectivity index (χ1v) is 3.60. The van der Waals surface area contributed by atoms with Crippen LogP contribution in [0.2, 0.25) is 0 Å². The molecule has 1 aromatic rings. The Morgan fingerprint density at radius 2 is 2.00 bits per heavy atom. The van der Waals surface area contributed by atoms with Gasteiger partial charge in [0.1, 0.15) is 0 Å². The molecule has 4 heteroatoms. The second-order valence-corrected chi connectivity index (χ2v) is 2.32. The van der Waals surface area contributed by atoms with Gasteiger partial charge in [-0.3, -0.25) is 4.79 Å². The maximum Gasteiger partial charge on any atom is 0.197 e. The number of carbonyl (C=O) groups excluding carboxylic acids is 1. The summed E-state index contributed by atoms with van der Waals surface area (Å²) in [6.45, 7) is 0. The molecular formula is C9H9FO3. The van der Waals surface area contributed by atoms with E-state index in [4.69, 9.17) is 9.47 Å². The zero-order chi connectivity index (χ0) is 9.84. The highest BCUT2D eigenvalue weighted by molar-refractivity contribution is 5.77. The first kappa shape index (κ1) is 9.51. The number of methoxy groups -OCH3 is 2. The average Bonchev–Trinajstić information content (AvgIpc) is 2.17. The smallest absolute Gasteiger partial charge is 0.197 e. The van der Waals surface area contributed by atoms with Crippen LogP contribution in [0.1, 0.15) is 10.4 Å². The minimum atomic E-state index is -0.697. The fourth-order valence-electron chi connectivity index (χ4n) is 0.996. The zero-order valence-electron chi connectivity index (χ0n) is 7.33. The van der Waals surface area contributed by atoms with E-state index in [0.29, 0.717) is 6.29 Å². The lowest BCUT2D eigenvalue weighted by Gasteiger charge is -2.08. The van der Waals surface area contributed by atoms with Crippen LogP contribution in [-0.4, -0.2) is 20.5 Å². The fraction of sp³-hybridized carbons (Fsp3) is 0.222. The van der Waals surface area contributed by atoms with Crippen molar-refractivity contribution in [2.24, 2.45) is 0 Å². The highest BCUT2D eigenvalue weighted by atomic mass is 19.1. The molecule has 0 unspecified atom stereocenters. The van der Waals surface area contributed by atoms with Gasteiger partial charge in [0.05, 0.1) is 19.8 Å². The van der Waals surface area contributed by atoms with Crippen molar-refractivity contribution in [2.45, 2.75) is 0 Å². The second kappa shape index (κ2) is 3.89. The van der Waals surface area contributed by atoms with E-state index < -0.39 is 5.82 Å². The Morgan fingerprint density at radius 3 is 2.46 bits per heavy atom. The van der Waals surface area contributed by atoms with Crippen molar-refractivity contribution < 1.29 is 18.7 Å². The van der Waals surface area contributed by atoms with E-state index in [1.165, 1.54) is 26.4 Å². The monoisotopic (exact) mass is 184 g/mol. The van der Waals surface area contributed by atoms with Crippen molar-refractivity contribution >= 4 is 6.29 Å². The average molecular weight is 184 g/mol. The predicted octanol–water partition coefficient (Wildman–Crippen LogP) is 1.66. The number of rotatable bonds is 3. The molecule has 0 saturated heterocycles. The molecule has 0 aliphatic carbocycles. The Bertz CT molecular complexity index is 323. The Labute approximate surface area is 75.1 Å². The summed E-state index contributed by atoms with van der Waals surface area (Å²) in [7, 11) is 2.72. The summed E-state index contributed by atoms with van der Waals surface area (Å²) < 4.78 is 22.9. The number of aldehydes is 1. The SMILES string of the molecule is COc1ccc(C=O)c(F)c1OC. The standard InChI is InChI=1S/C9H9FO3/c1-12-7-4-3-6(5-11)8(10)9(7)13-2/h3-5H,1-2H3. The van der Waals surface area contributed by atoms with Gasteiger partial charge in [-0.25, -0.2) is 4.39 Å². The van der Waals surface area contributed by atoms with Crippen molar-refractivity contribution in [3.63, 3.8) is 0 Å². The lowest BCUT2D eigenvalue weighted by Crippen LogP contribution is -1.97. The maximum atomic E-state index is 13.3. The Morgan fingerprint density at radius 1 is 1.31 bits per heavy atom. The number of ether oxygens (including phenoxy) is 2. The van der Waals surface area contributed by atoms with E-state index in [-0.39, 0.29) is 17.1 Å². The Kier molecular flexibility index (Phi) is 2.84. The molecule has 0 radical (unpaired) electrons. The molecule has 0 bridgehead atoms. The first-order valence-electron chi connectivity index (χ1n) is 3.60. The molecule has 1 rings (SSSR count). The number of carbonyl (C=O) groups is 1. The van der Waals surface area contributed by atoms with Crippen LogP contribution in [0, 0.1) is 5.82 Å². The molecule has 1 aromatic carbocycles. The molecule has 0 atom stereocenters. The van der Waals surface area contributed by atoms with Crippen molar-refractivity contribution in [3.8, 4) is 11.5 Å². The largest absolute Gasteiger partial charge is 0.493 e. The van der Waals surface area contributed by atoms with Crippen LogP contribution in [-0.2, 0) is 0 Å². The molecule has 0 aliphatic heterocycles. The zero-order valence-corrected chi connectivity index (χ0v) is 7.33. The van der Waals surface area contributed by atoms with Crippen molar-refractivity contribution in [1.29, 1.82) is 0 Å². The molecule has 0 fully saturated rings. The van der Waals surface area contributed by atoms with E-state index in [1.54, 1.807) is 0 Å². The molecule has 0 aliphatic rings. The van der Waals surface area contributed by atoms with Gasteiger partial charge in [0.15, 0.2) is 23.6 Å². The number of hydrogen-bond acceptors (Lipinski definition) is 3.